The molecule has 0 unspecified atom stereocenters. The molecule has 5 nitrogen and oxygen atoms in total. The molecular weight excluding hydrogens is 248 g/mol. The van der Waals surface area contributed by atoms with Gasteiger partial charge in [0.15, 0.2) is 11.5 Å². The number of phenols is 2. The summed E-state index contributed by atoms with van der Waals surface area (Å²) < 4.78 is 5.34. The van der Waals surface area contributed by atoms with Crippen molar-refractivity contribution in [3.8, 4) is 17.2 Å². The van der Waals surface area contributed by atoms with Crippen LogP contribution in [0, 0.1) is 0 Å². The van der Waals surface area contributed by atoms with Crippen LogP contribution >= 0.6 is 0 Å². The van der Waals surface area contributed by atoms with Crippen LogP contribution in [0.1, 0.15) is 15.9 Å². The van der Waals surface area contributed by atoms with Crippen LogP contribution in [0.5, 0.6) is 17.2 Å². The summed E-state index contributed by atoms with van der Waals surface area (Å²) in [6.07, 6.45) is 0. The lowest BCUT2D eigenvalue weighted by Crippen LogP contribution is -1.99. The van der Waals surface area contributed by atoms with Gasteiger partial charge < -0.3 is 20.1 Å². The number of carboxylic acids is 1. The number of aromatic hydroxyl groups is 2. The molecule has 0 spiro atoms. The van der Waals surface area contributed by atoms with Crippen molar-refractivity contribution >= 4 is 5.97 Å². The lowest BCUT2D eigenvalue weighted by atomic mass is 10.2. The smallest absolute Gasteiger partial charge is 0.339 e. The number of rotatable bonds is 4. The monoisotopic (exact) mass is 260 g/mol. The molecule has 0 saturated carbocycles. The van der Waals surface area contributed by atoms with E-state index in [0.29, 0.717) is 0 Å². The van der Waals surface area contributed by atoms with Gasteiger partial charge in [0, 0.05) is 12.1 Å². The first-order valence-corrected chi connectivity index (χ1v) is 5.54. The van der Waals surface area contributed by atoms with Crippen molar-refractivity contribution in [3.05, 3.63) is 53.6 Å². The van der Waals surface area contributed by atoms with Gasteiger partial charge in [-0.1, -0.05) is 30.3 Å². The molecule has 2 aromatic carbocycles. The van der Waals surface area contributed by atoms with Gasteiger partial charge in [-0.25, -0.2) is 4.79 Å². The van der Waals surface area contributed by atoms with Gasteiger partial charge in [-0.05, 0) is 5.56 Å². The summed E-state index contributed by atoms with van der Waals surface area (Å²) in [6.45, 7) is 0.209. The maximum Gasteiger partial charge on any atom is 0.339 e. The Labute approximate surface area is 109 Å². The number of hydrogen-bond acceptors (Lipinski definition) is 4. The minimum Gasteiger partial charge on any atom is -0.507 e. The van der Waals surface area contributed by atoms with Gasteiger partial charge >= 0.3 is 5.97 Å². The van der Waals surface area contributed by atoms with Crippen molar-refractivity contribution in [2.24, 2.45) is 0 Å². The number of ether oxygens (including phenoxy) is 1. The van der Waals surface area contributed by atoms with E-state index in [4.69, 9.17) is 9.84 Å². The minimum atomic E-state index is -1.32. The summed E-state index contributed by atoms with van der Waals surface area (Å²) in [6, 6.07) is 11.3. The standard InChI is InChI=1S/C14H12O5/c15-11-7-13(12(16)6-10(11)14(17)18)19-8-9-4-2-1-3-5-9/h1-7,15-16H,8H2,(H,17,18). The second-order valence-corrected chi connectivity index (χ2v) is 3.92. The second kappa shape index (κ2) is 5.30. The SMILES string of the molecule is O=C(O)c1cc(O)c(OCc2ccccc2)cc1O. The number of phenolic OH excluding ortho intramolecular Hbond substituents is 1. The Morgan fingerprint density at radius 3 is 2.37 bits per heavy atom. The average Bonchev–Trinajstić information content (AvgIpc) is 2.40. The van der Waals surface area contributed by atoms with E-state index in [1.807, 2.05) is 30.3 Å². The van der Waals surface area contributed by atoms with Crippen LogP contribution in [0.2, 0.25) is 0 Å². The van der Waals surface area contributed by atoms with Crippen LogP contribution in [0.4, 0.5) is 0 Å². The first-order valence-electron chi connectivity index (χ1n) is 5.54. The van der Waals surface area contributed by atoms with Crippen molar-refractivity contribution in [3.63, 3.8) is 0 Å². The molecule has 0 aromatic heterocycles. The van der Waals surface area contributed by atoms with Crippen molar-refractivity contribution in [1.29, 1.82) is 0 Å². The fourth-order valence-corrected chi connectivity index (χ4v) is 1.58. The summed E-state index contributed by atoms with van der Waals surface area (Å²) >= 11 is 0. The molecule has 0 fully saturated rings. The van der Waals surface area contributed by atoms with E-state index in [2.05, 4.69) is 0 Å². The van der Waals surface area contributed by atoms with Gasteiger partial charge in [0.05, 0.1) is 0 Å². The molecule has 2 aromatic rings. The van der Waals surface area contributed by atoms with E-state index in [9.17, 15) is 15.0 Å². The number of benzene rings is 2. The molecule has 3 N–H and O–H groups in total. The molecule has 0 amide bonds. The number of hydrogen-bond donors (Lipinski definition) is 3. The first kappa shape index (κ1) is 12.8. The molecule has 5 heteroatoms. The topological polar surface area (TPSA) is 87.0 Å². The Morgan fingerprint density at radius 1 is 1.05 bits per heavy atom. The van der Waals surface area contributed by atoms with E-state index in [-0.39, 0.29) is 23.7 Å². The molecule has 98 valence electrons. The third-order valence-electron chi connectivity index (χ3n) is 2.54. The zero-order valence-electron chi connectivity index (χ0n) is 9.91. The third-order valence-corrected chi connectivity index (χ3v) is 2.54. The molecule has 2 rings (SSSR count). The van der Waals surface area contributed by atoms with E-state index < -0.39 is 11.7 Å². The van der Waals surface area contributed by atoms with E-state index in [1.54, 1.807) is 0 Å². The second-order valence-electron chi connectivity index (χ2n) is 3.92. The Balaban J connectivity index is 2.17. The highest BCUT2D eigenvalue weighted by atomic mass is 16.5. The maximum atomic E-state index is 10.8. The largest absolute Gasteiger partial charge is 0.507 e. The Kier molecular flexibility index (Phi) is 3.56. The van der Waals surface area contributed by atoms with Gasteiger partial charge in [-0.2, -0.15) is 0 Å². The highest BCUT2D eigenvalue weighted by Gasteiger charge is 2.14. The van der Waals surface area contributed by atoms with Crippen LogP contribution in [-0.4, -0.2) is 21.3 Å². The molecular formula is C14H12O5. The summed E-state index contributed by atoms with van der Waals surface area (Å²) in [7, 11) is 0. The van der Waals surface area contributed by atoms with Crippen LogP contribution < -0.4 is 4.74 Å². The summed E-state index contributed by atoms with van der Waals surface area (Å²) in [5, 5.41) is 27.9. The van der Waals surface area contributed by atoms with Crippen molar-refractivity contribution in [1.82, 2.24) is 0 Å². The van der Waals surface area contributed by atoms with Gasteiger partial charge in [-0.3, -0.25) is 0 Å². The Hall–Kier alpha value is -2.69. The predicted molar refractivity (Wildman–Crippen MR) is 67.5 cm³/mol. The molecule has 19 heavy (non-hydrogen) atoms. The zero-order valence-corrected chi connectivity index (χ0v) is 9.91. The van der Waals surface area contributed by atoms with E-state index in [1.165, 1.54) is 0 Å². The lowest BCUT2D eigenvalue weighted by molar-refractivity contribution is 0.0693. The number of carboxylic acid groups (broad SMARTS) is 1. The molecule has 0 aliphatic carbocycles. The van der Waals surface area contributed by atoms with Gasteiger partial charge in [0.2, 0.25) is 0 Å². The average molecular weight is 260 g/mol. The summed E-state index contributed by atoms with van der Waals surface area (Å²) in [4.78, 5) is 10.8. The lowest BCUT2D eigenvalue weighted by Gasteiger charge is -2.10. The van der Waals surface area contributed by atoms with Crippen molar-refractivity contribution < 1.29 is 24.9 Å². The molecule has 0 radical (unpaired) electrons. The van der Waals surface area contributed by atoms with Gasteiger partial charge in [0.25, 0.3) is 0 Å². The normalized spacial score (nSPS) is 10.1. The fourth-order valence-electron chi connectivity index (χ4n) is 1.58. The third kappa shape index (κ3) is 2.95. The molecule has 0 heterocycles. The van der Waals surface area contributed by atoms with Crippen LogP contribution in [0.25, 0.3) is 0 Å². The molecule has 0 aliphatic heterocycles. The zero-order chi connectivity index (χ0) is 13.8. The number of carbonyl (C=O) groups is 1. The predicted octanol–water partition coefficient (Wildman–Crippen LogP) is 2.38. The van der Waals surface area contributed by atoms with Gasteiger partial charge in [0.1, 0.15) is 17.9 Å². The summed E-state index contributed by atoms with van der Waals surface area (Å²) in [5.74, 6) is -2.06. The minimum absolute atomic E-state index is 0.0337. The van der Waals surface area contributed by atoms with Crippen LogP contribution in [0.15, 0.2) is 42.5 Å². The maximum absolute atomic E-state index is 10.8. The van der Waals surface area contributed by atoms with Crippen LogP contribution in [-0.2, 0) is 6.61 Å². The Bertz CT molecular complexity index is 592. The first-order chi connectivity index (χ1) is 9.08. The highest BCUT2D eigenvalue weighted by molar-refractivity contribution is 5.91. The van der Waals surface area contributed by atoms with Crippen LogP contribution in [0.3, 0.4) is 0 Å². The van der Waals surface area contributed by atoms with E-state index >= 15 is 0 Å². The number of aromatic carboxylic acids is 1. The van der Waals surface area contributed by atoms with Gasteiger partial charge in [-0.15, -0.1) is 0 Å². The molecule has 0 saturated heterocycles. The quantitative estimate of drug-likeness (QED) is 0.735. The Morgan fingerprint density at radius 2 is 1.74 bits per heavy atom. The molecule has 0 aliphatic rings. The van der Waals surface area contributed by atoms with E-state index in [0.717, 1.165) is 17.7 Å². The summed E-state index contributed by atoms with van der Waals surface area (Å²) in [5.41, 5.74) is 0.522. The van der Waals surface area contributed by atoms with Crippen molar-refractivity contribution in [2.75, 3.05) is 0 Å². The molecule has 0 atom stereocenters. The van der Waals surface area contributed by atoms with Crippen molar-refractivity contribution in [2.45, 2.75) is 6.61 Å². The molecule has 0 bridgehead atoms. The highest BCUT2D eigenvalue weighted by Crippen LogP contribution is 2.33. The fraction of sp³-hybridized carbons (Fsp3) is 0.0714.